The van der Waals surface area contributed by atoms with Crippen LogP contribution in [0.25, 0.3) is 0 Å². The molecular weight excluding hydrogens is 256 g/mol. The molecule has 0 bridgehead atoms. The van der Waals surface area contributed by atoms with Crippen LogP contribution in [-0.2, 0) is 13.5 Å². The summed E-state index contributed by atoms with van der Waals surface area (Å²) in [5.74, 6) is 1.51. The molecule has 2 aromatic rings. The SMILES string of the molecule is COc1cnn(C)c1C(O)C1COc2ccccc2C1. The van der Waals surface area contributed by atoms with E-state index in [9.17, 15) is 5.11 Å². The van der Waals surface area contributed by atoms with Crippen molar-refractivity contribution in [2.75, 3.05) is 13.7 Å². The van der Waals surface area contributed by atoms with Gasteiger partial charge in [0.05, 0.1) is 19.9 Å². The maximum absolute atomic E-state index is 10.6. The van der Waals surface area contributed by atoms with Gasteiger partial charge in [0.1, 0.15) is 17.5 Å². The highest BCUT2D eigenvalue weighted by Crippen LogP contribution is 2.36. The van der Waals surface area contributed by atoms with Gasteiger partial charge in [0.2, 0.25) is 0 Å². The molecule has 1 N–H and O–H groups in total. The van der Waals surface area contributed by atoms with Gasteiger partial charge in [-0.2, -0.15) is 5.10 Å². The van der Waals surface area contributed by atoms with Crippen LogP contribution >= 0.6 is 0 Å². The molecule has 0 fully saturated rings. The van der Waals surface area contributed by atoms with Gasteiger partial charge >= 0.3 is 0 Å². The Balaban J connectivity index is 1.85. The first-order valence-corrected chi connectivity index (χ1v) is 6.65. The molecule has 106 valence electrons. The standard InChI is InChI=1S/C15H18N2O3/c1-17-14(13(19-2)8-16-17)15(18)11-7-10-5-3-4-6-12(10)20-9-11/h3-6,8,11,15,18H,7,9H2,1-2H3. The molecule has 0 saturated carbocycles. The van der Waals surface area contributed by atoms with Crippen LogP contribution < -0.4 is 9.47 Å². The second kappa shape index (κ2) is 5.17. The molecule has 5 heteroatoms. The van der Waals surface area contributed by atoms with E-state index in [1.165, 1.54) is 0 Å². The topological polar surface area (TPSA) is 56.5 Å². The minimum absolute atomic E-state index is 0.00537. The van der Waals surface area contributed by atoms with Gasteiger partial charge in [-0.1, -0.05) is 18.2 Å². The van der Waals surface area contributed by atoms with Crippen molar-refractivity contribution in [3.63, 3.8) is 0 Å². The van der Waals surface area contributed by atoms with Crippen molar-refractivity contribution in [3.05, 3.63) is 41.7 Å². The highest BCUT2D eigenvalue weighted by atomic mass is 16.5. The van der Waals surface area contributed by atoms with Gasteiger partial charge in [0.15, 0.2) is 5.75 Å². The fraction of sp³-hybridized carbons (Fsp3) is 0.400. The predicted molar refractivity (Wildman–Crippen MR) is 73.9 cm³/mol. The van der Waals surface area contributed by atoms with Gasteiger partial charge < -0.3 is 14.6 Å². The summed E-state index contributed by atoms with van der Waals surface area (Å²) in [5, 5.41) is 14.8. The molecule has 1 aromatic heterocycles. The fourth-order valence-corrected chi connectivity index (χ4v) is 2.70. The van der Waals surface area contributed by atoms with Gasteiger partial charge in [0, 0.05) is 13.0 Å². The van der Waals surface area contributed by atoms with Crippen LogP contribution in [-0.4, -0.2) is 28.6 Å². The van der Waals surface area contributed by atoms with Gasteiger partial charge in [-0.3, -0.25) is 4.68 Å². The van der Waals surface area contributed by atoms with Crippen LogP contribution in [0.5, 0.6) is 11.5 Å². The molecule has 1 aromatic carbocycles. The molecular formula is C15H18N2O3. The summed E-state index contributed by atoms with van der Waals surface area (Å²) in [6.07, 6.45) is 1.74. The minimum Gasteiger partial charge on any atom is -0.493 e. The van der Waals surface area contributed by atoms with Gasteiger partial charge in [-0.25, -0.2) is 0 Å². The van der Waals surface area contributed by atoms with Crippen LogP contribution in [0, 0.1) is 5.92 Å². The maximum atomic E-state index is 10.6. The van der Waals surface area contributed by atoms with Crippen LogP contribution in [0.4, 0.5) is 0 Å². The van der Waals surface area contributed by atoms with Gasteiger partial charge in [-0.05, 0) is 18.1 Å². The second-order valence-electron chi connectivity index (χ2n) is 5.05. The van der Waals surface area contributed by atoms with E-state index in [4.69, 9.17) is 9.47 Å². The van der Waals surface area contributed by atoms with Gasteiger partial charge in [-0.15, -0.1) is 0 Å². The Morgan fingerprint density at radius 1 is 1.45 bits per heavy atom. The number of nitrogens with zero attached hydrogens (tertiary/aromatic N) is 2. The molecule has 1 aliphatic rings. The van der Waals surface area contributed by atoms with Crippen LogP contribution in [0.1, 0.15) is 17.4 Å². The first kappa shape index (κ1) is 13.0. The van der Waals surface area contributed by atoms with Crippen molar-refractivity contribution >= 4 is 0 Å². The predicted octanol–water partition coefficient (Wildman–Crippen LogP) is 1.71. The summed E-state index contributed by atoms with van der Waals surface area (Å²) in [7, 11) is 3.39. The quantitative estimate of drug-likeness (QED) is 0.926. The normalized spacial score (nSPS) is 19.1. The smallest absolute Gasteiger partial charge is 0.162 e. The first-order valence-electron chi connectivity index (χ1n) is 6.65. The Morgan fingerprint density at radius 2 is 2.25 bits per heavy atom. The van der Waals surface area contributed by atoms with E-state index in [1.807, 2.05) is 24.3 Å². The summed E-state index contributed by atoms with van der Waals surface area (Å²) in [6.45, 7) is 0.493. The Labute approximate surface area is 117 Å². The average Bonchev–Trinajstić information content (AvgIpc) is 2.87. The summed E-state index contributed by atoms with van der Waals surface area (Å²) < 4.78 is 12.7. The molecule has 0 spiro atoms. The number of ether oxygens (including phenoxy) is 2. The lowest BCUT2D eigenvalue weighted by Crippen LogP contribution is -2.28. The second-order valence-corrected chi connectivity index (χ2v) is 5.05. The van der Waals surface area contributed by atoms with E-state index >= 15 is 0 Å². The van der Waals surface area contributed by atoms with Crippen molar-refractivity contribution in [1.82, 2.24) is 9.78 Å². The molecule has 1 aliphatic heterocycles. The van der Waals surface area contributed by atoms with Crippen molar-refractivity contribution in [2.45, 2.75) is 12.5 Å². The molecule has 2 heterocycles. The van der Waals surface area contributed by atoms with E-state index in [0.717, 1.165) is 17.7 Å². The van der Waals surface area contributed by atoms with Crippen LogP contribution in [0.2, 0.25) is 0 Å². The molecule has 3 rings (SSSR count). The molecule has 20 heavy (non-hydrogen) atoms. The van der Waals surface area contributed by atoms with E-state index in [0.29, 0.717) is 18.1 Å². The molecule has 5 nitrogen and oxygen atoms in total. The number of aliphatic hydroxyl groups excluding tert-OH is 1. The number of fused-ring (bicyclic) bond motifs is 1. The number of benzene rings is 1. The third kappa shape index (κ3) is 2.14. The fourth-order valence-electron chi connectivity index (χ4n) is 2.70. The zero-order valence-electron chi connectivity index (χ0n) is 11.6. The van der Waals surface area contributed by atoms with Crippen LogP contribution in [0.3, 0.4) is 0 Å². The van der Waals surface area contributed by atoms with Crippen molar-refractivity contribution in [2.24, 2.45) is 13.0 Å². The van der Waals surface area contributed by atoms with Gasteiger partial charge in [0.25, 0.3) is 0 Å². The Morgan fingerprint density at radius 3 is 3.05 bits per heavy atom. The van der Waals surface area contributed by atoms with E-state index in [1.54, 1.807) is 25.0 Å². The van der Waals surface area contributed by atoms with E-state index < -0.39 is 6.10 Å². The third-order valence-corrected chi connectivity index (χ3v) is 3.80. The van der Waals surface area contributed by atoms with Crippen molar-refractivity contribution < 1.29 is 14.6 Å². The highest BCUT2D eigenvalue weighted by molar-refractivity contribution is 5.36. The zero-order valence-corrected chi connectivity index (χ0v) is 11.6. The number of para-hydroxylation sites is 1. The monoisotopic (exact) mass is 274 g/mol. The molecule has 0 amide bonds. The lowest BCUT2D eigenvalue weighted by molar-refractivity contribution is 0.0568. The zero-order chi connectivity index (χ0) is 14.1. The van der Waals surface area contributed by atoms with Crippen LogP contribution in [0.15, 0.2) is 30.5 Å². The minimum atomic E-state index is -0.661. The number of rotatable bonds is 3. The first-order chi connectivity index (χ1) is 9.70. The third-order valence-electron chi connectivity index (χ3n) is 3.80. The Hall–Kier alpha value is -2.01. The van der Waals surface area contributed by atoms with E-state index in [-0.39, 0.29) is 5.92 Å². The molecule has 2 unspecified atom stereocenters. The summed E-state index contributed by atoms with van der Waals surface area (Å²) in [5.41, 5.74) is 1.82. The number of hydrogen-bond donors (Lipinski definition) is 1. The highest BCUT2D eigenvalue weighted by Gasteiger charge is 2.31. The number of aromatic nitrogens is 2. The lowest BCUT2D eigenvalue weighted by Gasteiger charge is -2.29. The molecule has 0 aliphatic carbocycles. The lowest BCUT2D eigenvalue weighted by atomic mass is 9.90. The largest absolute Gasteiger partial charge is 0.493 e. The number of aryl methyl sites for hydroxylation is 1. The summed E-state index contributed by atoms with van der Waals surface area (Å²) in [6, 6.07) is 7.94. The van der Waals surface area contributed by atoms with Crippen molar-refractivity contribution in [3.8, 4) is 11.5 Å². The maximum Gasteiger partial charge on any atom is 0.162 e. The molecule has 0 saturated heterocycles. The molecule has 2 atom stereocenters. The van der Waals surface area contributed by atoms with E-state index in [2.05, 4.69) is 5.10 Å². The van der Waals surface area contributed by atoms with Crippen molar-refractivity contribution in [1.29, 1.82) is 0 Å². The Bertz CT molecular complexity index is 609. The number of hydrogen-bond acceptors (Lipinski definition) is 4. The number of aliphatic hydroxyl groups is 1. The summed E-state index contributed by atoms with van der Waals surface area (Å²) in [4.78, 5) is 0. The molecule has 0 radical (unpaired) electrons. The summed E-state index contributed by atoms with van der Waals surface area (Å²) >= 11 is 0. The average molecular weight is 274 g/mol. The number of methoxy groups -OCH3 is 1. The Kier molecular flexibility index (Phi) is 3.36.